The van der Waals surface area contributed by atoms with Crippen LogP contribution in [0, 0.1) is 0 Å². The molecule has 6 heteroatoms. The highest BCUT2D eigenvalue weighted by Gasteiger charge is 2.24. The van der Waals surface area contributed by atoms with E-state index in [1.54, 1.807) is 25.9 Å². The lowest BCUT2D eigenvalue weighted by Crippen LogP contribution is -2.47. The minimum Gasteiger partial charge on any atom is -0.497 e. The first-order valence-electron chi connectivity index (χ1n) is 7.84. The molecule has 1 atom stereocenters. The van der Waals surface area contributed by atoms with Gasteiger partial charge in [0.05, 0.1) is 7.11 Å². The number of ether oxygens (including phenoxy) is 1. The summed E-state index contributed by atoms with van der Waals surface area (Å²) in [5.74, 6) is 0.455. The van der Waals surface area contributed by atoms with Crippen LogP contribution in [0.25, 0.3) is 0 Å². The Morgan fingerprint density at radius 3 is 2.48 bits per heavy atom. The number of amides is 2. The Kier molecular flexibility index (Phi) is 8.11. The number of nitrogens with zero attached hydrogens (tertiary/aromatic N) is 1. The Bertz CT molecular complexity index is 502. The number of aliphatic hydroxyl groups is 1. The molecule has 0 spiro atoms. The third kappa shape index (κ3) is 5.90. The lowest BCUT2D eigenvalue weighted by atomic mass is 10.1. The van der Waals surface area contributed by atoms with Crippen molar-refractivity contribution in [3.8, 4) is 5.75 Å². The average Bonchev–Trinajstić information content (AvgIpc) is 2.59. The Hall–Kier alpha value is -2.08. The van der Waals surface area contributed by atoms with Crippen LogP contribution in [0.15, 0.2) is 24.3 Å². The summed E-state index contributed by atoms with van der Waals surface area (Å²) in [4.78, 5) is 25.9. The van der Waals surface area contributed by atoms with E-state index in [1.165, 1.54) is 0 Å². The number of nitrogens with one attached hydrogen (secondary N) is 1. The summed E-state index contributed by atoms with van der Waals surface area (Å²) in [5, 5.41) is 11.5. The number of methoxy groups -OCH3 is 1. The molecule has 1 rings (SSSR count). The molecule has 0 aromatic heterocycles. The second-order valence-electron chi connectivity index (χ2n) is 5.27. The van der Waals surface area contributed by atoms with Crippen molar-refractivity contribution in [1.82, 2.24) is 10.2 Å². The van der Waals surface area contributed by atoms with Crippen molar-refractivity contribution in [3.63, 3.8) is 0 Å². The van der Waals surface area contributed by atoms with Gasteiger partial charge < -0.3 is 20.1 Å². The lowest BCUT2D eigenvalue weighted by molar-refractivity contribution is -0.140. The molecule has 0 aliphatic heterocycles. The predicted molar refractivity (Wildman–Crippen MR) is 88.0 cm³/mol. The molecule has 1 aromatic rings. The third-order valence-corrected chi connectivity index (χ3v) is 3.62. The van der Waals surface area contributed by atoms with Crippen LogP contribution in [-0.2, 0) is 16.1 Å². The van der Waals surface area contributed by atoms with Gasteiger partial charge in [0, 0.05) is 26.1 Å². The smallest absolute Gasteiger partial charge is 0.242 e. The number of benzene rings is 1. The summed E-state index contributed by atoms with van der Waals surface area (Å²) in [6, 6.07) is 6.85. The first kappa shape index (κ1) is 19.0. The molecule has 0 fully saturated rings. The highest BCUT2D eigenvalue weighted by Crippen LogP contribution is 2.15. The van der Waals surface area contributed by atoms with Crippen molar-refractivity contribution in [2.45, 2.75) is 39.3 Å². The Morgan fingerprint density at radius 1 is 1.30 bits per heavy atom. The molecule has 0 heterocycles. The molecule has 128 valence electrons. The monoisotopic (exact) mass is 322 g/mol. The van der Waals surface area contributed by atoms with Crippen LogP contribution in [0.5, 0.6) is 5.75 Å². The second-order valence-corrected chi connectivity index (χ2v) is 5.27. The molecule has 1 aromatic carbocycles. The van der Waals surface area contributed by atoms with Gasteiger partial charge in [-0.05, 0) is 31.0 Å². The fourth-order valence-electron chi connectivity index (χ4n) is 2.15. The highest BCUT2D eigenvalue weighted by atomic mass is 16.5. The maximum absolute atomic E-state index is 12.2. The molecular weight excluding hydrogens is 296 g/mol. The SMILES string of the molecule is CCC(=O)N(Cc1ccc(OC)cc1)[C@H](C)C(=O)NCCCO. The zero-order valence-electron chi connectivity index (χ0n) is 14.0. The van der Waals surface area contributed by atoms with Gasteiger partial charge in [0.2, 0.25) is 11.8 Å². The van der Waals surface area contributed by atoms with Gasteiger partial charge in [-0.25, -0.2) is 0 Å². The van der Waals surface area contributed by atoms with Crippen LogP contribution in [-0.4, -0.2) is 48.1 Å². The molecule has 0 saturated carbocycles. The van der Waals surface area contributed by atoms with Crippen molar-refractivity contribution in [2.75, 3.05) is 20.3 Å². The molecule has 23 heavy (non-hydrogen) atoms. The van der Waals surface area contributed by atoms with Gasteiger partial charge in [0.1, 0.15) is 11.8 Å². The van der Waals surface area contributed by atoms with Gasteiger partial charge in [0.15, 0.2) is 0 Å². The Balaban J connectivity index is 2.78. The lowest BCUT2D eigenvalue weighted by Gasteiger charge is -2.28. The molecule has 0 aliphatic carbocycles. The van der Waals surface area contributed by atoms with E-state index < -0.39 is 6.04 Å². The van der Waals surface area contributed by atoms with E-state index in [0.717, 1.165) is 11.3 Å². The first-order chi connectivity index (χ1) is 11.0. The molecule has 0 unspecified atom stereocenters. The van der Waals surface area contributed by atoms with Crippen LogP contribution in [0.2, 0.25) is 0 Å². The van der Waals surface area contributed by atoms with Crippen LogP contribution >= 0.6 is 0 Å². The number of carbonyl (C=O) groups excluding carboxylic acids is 2. The zero-order chi connectivity index (χ0) is 17.2. The van der Waals surface area contributed by atoms with Crippen molar-refractivity contribution in [1.29, 1.82) is 0 Å². The largest absolute Gasteiger partial charge is 0.497 e. The van der Waals surface area contributed by atoms with E-state index in [0.29, 0.717) is 25.9 Å². The van der Waals surface area contributed by atoms with E-state index in [4.69, 9.17) is 9.84 Å². The van der Waals surface area contributed by atoms with E-state index >= 15 is 0 Å². The summed E-state index contributed by atoms with van der Waals surface area (Å²) in [6.45, 7) is 4.28. The van der Waals surface area contributed by atoms with Crippen molar-refractivity contribution < 1.29 is 19.4 Å². The Morgan fingerprint density at radius 2 is 1.96 bits per heavy atom. The molecule has 0 aliphatic rings. The number of hydrogen-bond acceptors (Lipinski definition) is 4. The second kappa shape index (κ2) is 9.84. The van der Waals surface area contributed by atoms with E-state index in [-0.39, 0.29) is 18.4 Å². The molecule has 2 amide bonds. The predicted octanol–water partition coefficient (Wildman–Crippen LogP) is 1.32. The standard InChI is InChI=1S/C17H26N2O4/c1-4-16(21)19(13(2)17(22)18-10-5-11-20)12-14-6-8-15(23-3)9-7-14/h6-9,13,20H,4-5,10-12H2,1-3H3,(H,18,22)/t13-/m1/s1. The van der Waals surface area contributed by atoms with Crippen molar-refractivity contribution in [3.05, 3.63) is 29.8 Å². The quantitative estimate of drug-likeness (QED) is 0.672. The number of carbonyl (C=O) groups is 2. The van der Waals surface area contributed by atoms with E-state index in [1.807, 2.05) is 24.3 Å². The number of hydrogen-bond donors (Lipinski definition) is 2. The molecule has 0 bridgehead atoms. The Labute approximate surface area is 137 Å². The van der Waals surface area contributed by atoms with E-state index in [9.17, 15) is 9.59 Å². The minimum atomic E-state index is -0.566. The molecule has 0 radical (unpaired) electrons. The summed E-state index contributed by atoms with van der Waals surface area (Å²) in [7, 11) is 1.60. The summed E-state index contributed by atoms with van der Waals surface area (Å²) < 4.78 is 5.12. The summed E-state index contributed by atoms with van der Waals surface area (Å²) >= 11 is 0. The van der Waals surface area contributed by atoms with Crippen LogP contribution in [0.4, 0.5) is 0 Å². The highest BCUT2D eigenvalue weighted by molar-refractivity contribution is 5.87. The normalized spacial score (nSPS) is 11.7. The fraction of sp³-hybridized carbons (Fsp3) is 0.529. The molecule has 0 saturated heterocycles. The van der Waals surface area contributed by atoms with Crippen LogP contribution < -0.4 is 10.1 Å². The molecular formula is C17H26N2O4. The van der Waals surface area contributed by atoms with Gasteiger partial charge in [-0.3, -0.25) is 9.59 Å². The zero-order valence-corrected chi connectivity index (χ0v) is 14.0. The molecule has 6 nitrogen and oxygen atoms in total. The number of aliphatic hydroxyl groups excluding tert-OH is 1. The first-order valence-corrected chi connectivity index (χ1v) is 7.84. The van der Waals surface area contributed by atoms with Crippen LogP contribution in [0.1, 0.15) is 32.3 Å². The maximum atomic E-state index is 12.2. The van der Waals surface area contributed by atoms with Crippen molar-refractivity contribution in [2.24, 2.45) is 0 Å². The number of rotatable bonds is 9. The van der Waals surface area contributed by atoms with Crippen LogP contribution in [0.3, 0.4) is 0 Å². The summed E-state index contributed by atoms with van der Waals surface area (Å²) in [6.07, 6.45) is 0.836. The van der Waals surface area contributed by atoms with Gasteiger partial charge in [-0.15, -0.1) is 0 Å². The third-order valence-electron chi connectivity index (χ3n) is 3.62. The minimum absolute atomic E-state index is 0.0259. The van der Waals surface area contributed by atoms with Gasteiger partial charge >= 0.3 is 0 Å². The fourth-order valence-corrected chi connectivity index (χ4v) is 2.15. The summed E-state index contributed by atoms with van der Waals surface area (Å²) in [5.41, 5.74) is 0.933. The molecule has 2 N–H and O–H groups in total. The average molecular weight is 322 g/mol. The topological polar surface area (TPSA) is 78.9 Å². The van der Waals surface area contributed by atoms with E-state index in [2.05, 4.69) is 5.32 Å². The van der Waals surface area contributed by atoms with Gasteiger partial charge in [-0.2, -0.15) is 0 Å². The maximum Gasteiger partial charge on any atom is 0.242 e. The van der Waals surface area contributed by atoms with Gasteiger partial charge in [-0.1, -0.05) is 19.1 Å². The van der Waals surface area contributed by atoms with Gasteiger partial charge in [0.25, 0.3) is 0 Å². The van der Waals surface area contributed by atoms with Crippen molar-refractivity contribution >= 4 is 11.8 Å².